The van der Waals surface area contributed by atoms with Crippen LogP contribution >= 0.6 is 8.60 Å². The summed E-state index contributed by atoms with van der Waals surface area (Å²) in [6, 6.07) is 0. The van der Waals surface area contributed by atoms with Crippen LogP contribution < -0.4 is 0 Å². The van der Waals surface area contributed by atoms with Crippen molar-refractivity contribution >= 4 is 47.3 Å². The number of rotatable bonds is 0. The van der Waals surface area contributed by atoms with Gasteiger partial charge in [-0.3, -0.25) is 9.11 Å². The van der Waals surface area contributed by atoms with Crippen LogP contribution in [-0.4, -0.2) is 55.3 Å². The molecule has 0 saturated heterocycles. The van der Waals surface area contributed by atoms with Crippen LogP contribution in [0.25, 0.3) is 0 Å². The fraction of sp³-hybridized carbons (Fsp3) is 0. The molecular formula is H7O6PPbS. The van der Waals surface area contributed by atoms with Gasteiger partial charge in [-0.05, 0) is 0 Å². The standard InChI is InChI=1S/H3O3P.H2O3S.Pb.2H/c2*1-4(2)3;;;/h1-3H;(H2,1,2,3);;;. The van der Waals surface area contributed by atoms with Crippen molar-refractivity contribution in [2.45, 2.75) is 0 Å². The van der Waals surface area contributed by atoms with Crippen LogP contribution in [0.1, 0.15) is 0 Å². The van der Waals surface area contributed by atoms with E-state index in [4.69, 9.17) is 28.0 Å². The molecule has 2 radical (unpaired) electrons. The molecule has 9 heavy (non-hydrogen) atoms. The third kappa shape index (κ3) is 293. The Labute approximate surface area is 75.2 Å². The van der Waals surface area contributed by atoms with Gasteiger partial charge in [0.25, 0.3) is 11.4 Å². The first-order chi connectivity index (χ1) is 3.46. The fourth-order valence-corrected chi connectivity index (χ4v) is 0. The van der Waals surface area contributed by atoms with E-state index >= 15 is 0 Å². The molecule has 0 fully saturated rings. The summed E-state index contributed by atoms with van der Waals surface area (Å²) in [7, 11) is -2.62. The maximum atomic E-state index is 8.67. The molecule has 0 aliphatic heterocycles. The van der Waals surface area contributed by atoms with E-state index in [2.05, 4.69) is 0 Å². The third-order valence-corrected chi connectivity index (χ3v) is 0. The van der Waals surface area contributed by atoms with Gasteiger partial charge in [-0.15, -0.1) is 0 Å². The molecule has 0 atom stereocenters. The first kappa shape index (κ1) is 16.7. The summed E-state index contributed by atoms with van der Waals surface area (Å²) in [5.74, 6) is 0. The first-order valence-corrected chi connectivity index (χ1v) is 3.40. The Morgan fingerprint density at radius 2 is 1.11 bits per heavy atom. The topological polar surface area (TPSA) is 118 Å². The minimum absolute atomic E-state index is 0. The number of hydrogen-bond acceptors (Lipinski definition) is 4. The summed E-state index contributed by atoms with van der Waals surface area (Å²) in [5.41, 5.74) is 0. The third-order valence-electron chi connectivity index (χ3n) is 0. The van der Waals surface area contributed by atoms with Gasteiger partial charge in [0.05, 0.1) is 0 Å². The molecule has 0 heterocycles. The van der Waals surface area contributed by atoms with Crippen molar-refractivity contribution in [3.8, 4) is 0 Å². The van der Waals surface area contributed by atoms with Gasteiger partial charge in [0.2, 0.25) is 0 Å². The molecule has 5 N–H and O–H groups in total. The van der Waals surface area contributed by atoms with Gasteiger partial charge in [0.1, 0.15) is 0 Å². The Bertz CT molecular complexity index is 57.3. The van der Waals surface area contributed by atoms with Gasteiger partial charge in [0.15, 0.2) is 0 Å². The molecule has 0 rings (SSSR count). The molecule has 0 aromatic carbocycles. The van der Waals surface area contributed by atoms with Gasteiger partial charge >= 0.3 is 35.9 Å². The van der Waals surface area contributed by atoms with Crippen LogP contribution in [0.2, 0.25) is 0 Å². The average Bonchev–Trinajstić information content (AvgIpc) is 1.25. The van der Waals surface area contributed by atoms with Crippen LogP contribution in [0.15, 0.2) is 0 Å². The van der Waals surface area contributed by atoms with E-state index in [1.165, 1.54) is 0 Å². The molecule has 0 bridgehead atoms. The fourth-order valence-electron chi connectivity index (χ4n) is 0. The molecule has 0 amide bonds. The molecule has 0 aliphatic carbocycles. The first-order valence-electron chi connectivity index (χ1n) is 1.13. The normalized spacial score (nSPS) is 7.89. The molecule has 0 spiro atoms. The van der Waals surface area contributed by atoms with Crippen LogP contribution in [0, 0.1) is 0 Å². The second kappa shape index (κ2) is 12.0. The number of hydrogen-bond donors (Lipinski definition) is 5. The quantitative estimate of drug-likeness (QED) is 0.190. The van der Waals surface area contributed by atoms with Crippen molar-refractivity contribution in [3.05, 3.63) is 0 Å². The van der Waals surface area contributed by atoms with Crippen molar-refractivity contribution in [1.82, 2.24) is 0 Å². The van der Waals surface area contributed by atoms with E-state index in [1.807, 2.05) is 0 Å². The predicted molar refractivity (Wildman–Crippen MR) is 35.5 cm³/mol. The zero-order chi connectivity index (χ0) is 7.15. The molecule has 0 aromatic rings. The Balaban J connectivity index is -0.0000000720. The predicted octanol–water partition coefficient (Wildman–Crippen LogP) is -2.04. The van der Waals surface area contributed by atoms with E-state index in [-0.39, 0.29) is 27.3 Å². The summed E-state index contributed by atoms with van der Waals surface area (Å²) in [5, 5.41) is 0. The van der Waals surface area contributed by atoms with Crippen LogP contribution in [0.5, 0.6) is 0 Å². The van der Waals surface area contributed by atoms with E-state index in [1.54, 1.807) is 0 Å². The summed E-state index contributed by atoms with van der Waals surface area (Å²) < 4.78 is 22.8. The average molecular weight is 373 g/mol. The van der Waals surface area contributed by atoms with Crippen molar-refractivity contribution in [1.29, 1.82) is 0 Å². The minimum atomic E-state index is -2.62. The van der Waals surface area contributed by atoms with Crippen LogP contribution in [0.3, 0.4) is 0 Å². The Kier molecular flexibility index (Phi) is 22.3. The van der Waals surface area contributed by atoms with E-state index in [0.717, 1.165) is 0 Å². The SMILES string of the molecule is O=S(O)O.OP(O)O.[PbH2]. The van der Waals surface area contributed by atoms with Gasteiger partial charge < -0.3 is 14.7 Å². The van der Waals surface area contributed by atoms with Gasteiger partial charge in [-0.25, -0.2) is 0 Å². The van der Waals surface area contributed by atoms with Crippen molar-refractivity contribution in [3.63, 3.8) is 0 Å². The van der Waals surface area contributed by atoms with Gasteiger partial charge in [0, 0.05) is 0 Å². The molecule has 0 unspecified atom stereocenters. The van der Waals surface area contributed by atoms with Crippen molar-refractivity contribution in [2.75, 3.05) is 0 Å². The molecule has 0 aliphatic rings. The summed E-state index contributed by atoms with van der Waals surface area (Å²) in [6.07, 6.45) is 0. The van der Waals surface area contributed by atoms with Crippen LogP contribution in [-0.2, 0) is 11.4 Å². The van der Waals surface area contributed by atoms with Gasteiger partial charge in [-0.2, -0.15) is 4.21 Å². The summed E-state index contributed by atoms with van der Waals surface area (Å²) in [4.78, 5) is 21.7. The Hall–Kier alpha value is 1.30. The molecule has 0 saturated carbocycles. The van der Waals surface area contributed by atoms with Crippen molar-refractivity contribution < 1.29 is 28.0 Å². The van der Waals surface area contributed by atoms with Gasteiger partial charge in [-0.1, -0.05) is 0 Å². The Morgan fingerprint density at radius 3 is 1.11 bits per heavy atom. The maximum absolute atomic E-state index is 8.67. The van der Waals surface area contributed by atoms with Crippen molar-refractivity contribution in [2.24, 2.45) is 0 Å². The monoisotopic (exact) mass is 374 g/mol. The van der Waals surface area contributed by atoms with E-state index in [0.29, 0.717) is 0 Å². The Morgan fingerprint density at radius 1 is 1.11 bits per heavy atom. The molecule has 0 aromatic heterocycles. The zero-order valence-corrected chi connectivity index (χ0v) is 11.4. The molecule has 6 nitrogen and oxygen atoms in total. The van der Waals surface area contributed by atoms with E-state index < -0.39 is 20.0 Å². The molecular weight excluding hydrogens is 366 g/mol. The summed E-state index contributed by atoms with van der Waals surface area (Å²) in [6.45, 7) is 0. The molecule has 9 heteroatoms. The van der Waals surface area contributed by atoms with E-state index in [9.17, 15) is 0 Å². The second-order valence-corrected chi connectivity index (χ2v) is 1.50. The van der Waals surface area contributed by atoms with Crippen LogP contribution in [0.4, 0.5) is 0 Å². The molecule has 58 valence electrons. The zero-order valence-electron chi connectivity index (χ0n) is 4.21. The second-order valence-electron chi connectivity index (χ2n) is 0.499. The summed E-state index contributed by atoms with van der Waals surface area (Å²) >= 11 is -2.61.